The molecule has 1 N–H and O–H groups in total. The van der Waals surface area contributed by atoms with Crippen LogP contribution in [0.1, 0.15) is 59.3 Å². The van der Waals surface area contributed by atoms with Crippen molar-refractivity contribution in [2.75, 3.05) is 0 Å². The third-order valence-electron chi connectivity index (χ3n) is 4.69. The Hall–Kier alpha value is -1.06. The van der Waals surface area contributed by atoms with E-state index in [-0.39, 0.29) is 29.9 Å². The van der Waals surface area contributed by atoms with Gasteiger partial charge >= 0.3 is 0 Å². The minimum atomic E-state index is -0.364. The summed E-state index contributed by atoms with van der Waals surface area (Å²) in [5, 5.41) is 2.75. The second-order valence-electron chi connectivity index (χ2n) is 6.11. The van der Waals surface area contributed by atoms with E-state index in [0.29, 0.717) is 0 Å². The van der Waals surface area contributed by atoms with Crippen LogP contribution in [-0.2, 0) is 9.59 Å². The van der Waals surface area contributed by atoms with Crippen LogP contribution in [0.5, 0.6) is 0 Å². The van der Waals surface area contributed by atoms with Gasteiger partial charge in [0.15, 0.2) is 0 Å². The van der Waals surface area contributed by atoms with E-state index in [4.69, 9.17) is 0 Å². The first-order valence-electron chi connectivity index (χ1n) is 7.67. The van der Waals surface area contributed by atoms with Gasteiger partial charge < -0.3 is 10.2 Å². The topological polar surface area (TPSA) is 49.4 Å². The van der Waals surface area contributed by atoms with Crippen LogP contribution in [0.4, 0.5) is 0 Å². The van der Waals surface area contributed by atoms with Crippen molar-refractivity contribution in [1.29, 1.82) is 0 Å². The molecule has 0 bridgehead atoms. The van der Waals surface area contributed by atoms with Crippen molar-refractivity contribution in [3.63, 3.8) is 0 Å². The molecular weight excluding hydrogens is 240 g/mol. The van der Waals surface area contributed by atoms with Gasteiger partial charge in [0.05, 0.1) is 0 Å². The van der Waals surface area contributed by atoms with Gasteiger partial charge in [0.25, 0.3) is 0 Å². The average molecular weight is 266 g/mol. The van der Waals surface area contributed by atoms with Gasteiger partial charge in [0, 0.05) is 6.04 Å². The lowest BCUT2D eigenvalue weighted by Crippen LogP contribution is -2.64. The SMILES string of the molecule is CCCC1CCC(N2C(=O)C(C)NC(=O)C2C)CC1. The maximum atomic E-state index is 12.3. The highest BCUT2D eigenvalue weighted by atomic mass is 16.2. The first-order chi connectivity index (χ1) is 9.04. The second kappa shape index (κ2) is 5.93. The first kappa shape index (κ1) is 14.4. The average Bonchev–Trinajstić information content (AvgIpc) is 2.39. The van der Waals surface area contributed by atoms with E-state index in [0.717, 1.165) is 18.8 Å². The van der Waals surface area contributed by atoms with Crippen molar-refractivity contribution < 1.29 is 9.59 Å². The van der Waals surface area contributed by atoms with Gasteiger partial charge in [-0.2, -0.15) is 0 Å². The van der Waals surface area contributed by atoms with Crippen LogP contribution in [0.15, 0.2) is 0 Å². The van der Waals surface area contributed by atoms with E-state index < -0.39 is 0 Å². The number of hydrogen-bond donors (Lipinski definition) is 1. The Kier molecular flexibility index (Phi) is 4.48. The molecule has 2 atom stereocenters. The normalized spacial score (nSPS) is 36.3. The summed E-state index contributed by atoms with van der Waals surface area (Å²) in [6.07, 6.45) is 7.05. The van der Waals surface area contributed by atoms with Gasteiger partial charge in [-0.05, 0) is 45.4 Å². The summed E-state index contributed by atoms with van der Waals surface area (Å²) in [4.78, 5) is 26.0. The molecular formula is C15H26N2O2. The molecule has 2 fully saturated rings. The highest BCUT2D eigenvalue weighted by Crippen LogP contribution is 2.32. The highest BCUT2D eigenvalue weighted by molar-refractivity contribution is 5.96. The Bertz CT molecular complexity index is 348. The van der Waals surface area contributed by atoms with Crippen LogP contribution in [0.25, 0.3) is 0 Å². The van der Waals surface area contributed by atoms with E-state index in [2.05, 4.69) is 12.2 Å². The Morgan fingerprint density at radius 2 is 1.79 bits per heavy atom. The van der Waals surface area contributed by atoms with Crippen molar-refractivity contribution in [1.82, 2.24) is 10.2 Å². The predicted octanol–water partition coefficient (Wildman–Crippen LogP) is 2.08. The molecule has 4 nitrogen and oxygen atoms in total. The number of nitrogens with zero attached hydrogens (tertiary/aromatic N) is 1. The van der Waals surface area contributed by atoms with Crippen LogP contribution < -0.4 is 5.32 Å². The van der Waals surface area contributed by atoms with Crippen molar-refractivity contribution >= 4 is 11.8 Å². The summed E-state index contributed by atoms with van der Waals surface area (Å²) in [6, 6.07) is -0.405. The molecule has 1 saturated heterocycles. The lowest BCUT2D eigenvalue weighted by molar-refractivity contribution is -0.151. The molecule has 0 radical (unpaired) electrons. The quantitative estimate of drug-likeness (QED) is 0.850. The van der Waals surface area contributed by atoms with Crippen molar-refractivity contribution in [3.05, 3.63) is 0 Å². The zero-order chi connectivity index (χ0) is 14.0. The molecule has 1 aliphatic carbocycles. The fraction of sp³-hybridized carbons (Fsp3) is 0.867. The van der Waals surface area contributed by atoms with Crippen molar-refractivity contribution in [3.8, 4) is 0 Å². The molecule has 2 rings (SSSR count). The number of nitrogens with one attached hydrogen (secondary N) is 1. The number of carbonyl (C=O) groups is 2. The molecule has 108 valence electrons. The van der Waals surface area contributed by atoms with E-state index in [1.54, 1.807) is 6.92 Å². The monoisotopic (exact) mass is 266 g/mol. The van der Waals surface area contributed by atoms with Crippen LogP contribution >= 0.6 is 0 Å². The molecule has 0 aromatic heterocycles. The Morgan fingerprint density at radius 1 is 1.16 bits per heavy atom. The maximum Gasteiger partial charge on any atom is 0.245 e. The number of carbonyl (C=O) groups excluding carboxylic acids is 2. The molecule has 2 unspecified atom stereocenters. The second-order valence-corrected chi connectivity index (χ2v) is 6.11. The summed E-state index contributed by atoms with van der Waals surface area (Å²) in [6.45, 7) is 5.85. The molecule has 0 aromatic rings. The van der Waals surface area contributed by atoms with Gasteiger partial charge in [-0.25, -0.2) is 0 Å². The highest BCUT2D eigenvalue weighted by Gasteiger charge is 2.40. The van der Waals surface area contributed by atoms with Gasteiger partial charge in [-0.3, -0.25) is 9.59 Å². The molecule has 19 heavy (non-hydrogen) atoms. The summed E-state index contributed by atoms with van der Waals surface area (Å²) < 4.78 is 0. The molecule has 2 amide bonds. The third-order valence-corrected chi connectivity index (χ3v) is 4.69. The van der Waals surface area contributed by atoms with Gasteiger partial charge in [0.1, 0.15) is 12.1 Å². The molecule has 1 aliphatic heterocycles. The maximum absolute atomic E-state index is 12.3. The number of hydrogen-bond acceptors (Lipinski definition) is 2. The largest absolute Gasteiger partial charge is 0.343 e. The lowest BCUT2D eigenvalue weighted by Gasteiger charge is -2.43. The van der Waals surface area contributed by atoms with Crippen LogP contribution in [0.3, 0.4) is 0 Å². The third kappa shape index (κ3) is 2.93. The van der Waals surface area contributed by atoms with Crippen LogP contribution in [-0.4, -0.2) is 34.8 Å². The van der Waals surface area contributed by atoms with Crippen LogP contribution in [0, 0.1) is 5.92 Å². The van der Waals surface area contributed by atoms with E-state index >= 15 is 0 Å². The molecule has 0 spiro atoms. The zero-order valence-corrected chi connectivity index (χ0v) is 12.3. The lowest BCUT2D eigenvalue weighted by atomic mass is 9.82. The molecule has 0 aromatic carbocycles. The molecule has 1 saturated carbocycles. The molecule has 2 aliphatic rings. The van der Waals surface area contributed by atoms with Gasteiger partial charge in [-0.1, -0.05) is 19.8 Å². The predicted molar refractivity (Wildman–Crippen MR) is 74.6 cm³/mol. The Morgan fingerprint density at radius 3 is 2.37 bits per heavy atom. The van der Waals surface area contributed by atoms with E-state index in [1.807, 2.05) is 11.8 Å². The Balaban J connectivity index is 2.00. The van der Waals surface area contributed by atoms with E-state index in [1.165, 1.54) is 25.7 Å². The fourth-order valence-electron chi connectivity index (χ4n) is 3.55. The number of amides is 2. The zero-order valence-electron chi connectivity index (χ0n) is 12.3. The summed E-state index contributed by atoms with van der Waals surface area (Å²) in [5.41, 5.74) is 0. The van der Waals surface area contributed by atoms with Gasteiger partial charge in [0.2, 0.25) is 11.8 Å². The molecule has 4 heteroatoms. The number of piperazine rings is 1. The summed E-state index contributed by atoms with van der Waals surface area (Å²) >= 11 is 0. The Labute approximate surface area is 115 Å². The van der Waals surface area contributed by atoms with Crippen molar-refractivity contribution in [2.45, 2.75) is 77.4 Å². The molecule has 1 heterocycles. The van der Waals surface area contributed by atoms with Gasteiger partial charge in [-0.15, -0.1) is 0 Å². The number of rotatable bonds is 3. The first-order valence-corrected chi connectivity index (χ1v) is 7.67. The van der Waals surface area contributed by atoms with Crippen LogP contribution in [0.2, 0.25) is 0 Å². The summed E-state index contributed by atoms with van der Waals surface area (Å²) in [5.74, 6) is 0.900. The minimum absolute atomic E-state index is 0.0113. The van der Waals surface area contributed by atoms with Crippen molar-refractivity contribution in [2.24, 2.45) is 5.92 Å². The minimum Gasteiger partial charge on any atom is -0.343 e. The fourth-order valence-corrected chi connectivity index (χ4v) is 3.55. The standard InChI is InChI=1S/C15H26N2O2/c1-4-5-12-6-8-13(9-7-12)17-11(3)14(18)16-10(2)15(17)19/h10-13H,4-9H2,1-3H3,(H,16,18). The van der Waals surface area contributed by atoms with E-state index in [9.17, 15) is 9.59 Å². The smallest absolute Gasteiger partial charge is 0.245 e. The summed E-state index contributed by atoms with van der Waals surface area (Å²) in [7, 11) is 0.